The number of nitrogens with zero attached hydrogens (tertiary/aromatic N) is 2. The van der Waals surface area contributed by atoms with Crippen LogP contribution in [0, 0.1) is 0 Å². The molecule has 0 radical (unpaired) electrons. The first-order chi connectivity index (χ1) is 17.3. The van der Waals surface area contributed by atoms with E-state index in [9.17, 15) is 18.0 Å². The number of carbonyl (C=O) groups excluding carboxylic acids is 2. The highest BCUT2D eigenvalue weighted by Crippen LogP contribution is 2.35. The maximum absolute atomic E-state index is 13.8. The van der Waals surface area contributed by atoms with Crippen molar-refractivity contribution in [3.05, 3.63) is 48.5 Å². The Morgan fingerprint density at radius 3 is 2.42 bits per heavy atom. The van der Waals surface area contributed by atoms with Crippen LogP contribution in [0.1, 0.15) is 39.0 Å². The van der Waals surface area contributed by atoms with Crippen LogP contribution in [0.2, 0.25) is 0 Å². The second-order valence-electron chi connectivity index (χ2n) is 8.85. The molecule has 2 aromatic rings. The molecule has 0 aromatic heterocycles. The van der Waals surface area contributed by atoms with Crippen LogP contribution >= 0.6 is 0 Å². The zero-order valence-electron chi connectivity index (χ0n) is 20.6. The molecule has 2 aromatic carbocycles. The Balaban J connectivity index is 1.64. The van der Waals surface area contributed by atoms with Gasteiger partial charge in [-0.15, -0.1) is 0 Å². The van der Waals surface area contributed by atoms with Crippen molar-refractivity contribution in [1.82, 2.24) is 4.31 Å². The van der Waals surface area contributed by atoms with Gasteiger partial charge in [-0.05, 0) is 56.2 Å². The lowest BCUT2D eigenvalue weighted by atomic mass is 9.95. The van der Waals surface area contributed by atoms with Gasteiger partial charge in [0.2, 0.25) is 22.0 Å². The number of sulfonamides is 1. The fourth-order valence-corrected chi connectivity index (χ4v) is 6.37. The molecule has 1 aliphatic heterocycles. The first-order valence-corrected chi connectivity index (χ1v) is 13.7. The smallest absolute Gasteiger partial charge is 0.348 e. The van der Waals surface area contributed by atoms with Gasteiger partial charge in [-0.2, -0.15) is 4.31 Å². The molecule has 36 heavy (non-hydrogen) atoms. The molecule has 4 rings (SSSR count). The summed E-state index contributed by atoms with van der Waals surface area (Å²) in [5, 5.41) is 0. The van der Waals surface area contributed by atoms with Gasteiger partial charge in [0, 0.05) is 6.04 Å². The third-order valence-electron chi connectivity index (χ3n) is 6.55. The molecule has 0 saturated heterocycles. The summed E-state index contributed by atoms with van der Waals surface area (Å²) in [7, 11) is -2.71. The minimum Gasteiger partial charge on any atom is -0.494 e. The van der Waals surface area contributed by atoms with Gasteiger partial charge < -0.3 is 19.1 Å². The minimum absolute atomic E-state index is 0.0653. The summed E-state index contributed by atoms with van der Waals surface area (Å²) in [5.41, 5.74) is 0.490. The molecule has 10 heteroatoms. The van der Waals surface area contributed by atoms with Crippen LogP contribution in [0.15, 0.2) is 53.4 Å². The zero-order valence-corrected chi connectivity index (χ0v) is 21.4. The van der Waals surface area contributed by atoms with Gasteiger partial charge in [0.15, 0.2) is 0 Å². The SMILES string of the molecule is CCOc1ccc(S(=O)(=O)N(CC(=O)N2C[C@@H](C(=O)OC)Oc3ccccc32)C2CCCCC2)cc1. The number of benzene rings is 2. The second-order valence-corrected chi connectivity index (χ2v) is 10.7. The van der Waals surface area contributed by atoms with Crippen molar-refractivity contribution in [3.8, 4) is 11.5 Å². The Morgan fingerprint density at radius 2 is 1.75 bits per heavy atom. The molecular formula is C26H32N2O7S. The van der Waals surface area contributed by atoms with Crippen LogP contribution in [0.25, 0.3) is 0 Å². The highest BCUT2D eigenvalue weighted by atomic mass is 32.2. The Bertz CT molecular complexity index is 1180. The summed E-state index contributed by atoms with van der Waals surface area (Å²) in [4.78, 5) is 27.4. The maximum atomic E-state index is 13.8. The van der Waals surface area contributed by atoms with E-state index in [1.807, 2.05) is 6.92 Å². The number of esters is 1. The Kier molecular flexibility index (Phi) is 8.15. The van der Waals surface area contributed by atoms with Crippen molar-refractivity contribution in [1.29, 1.82) is 0 Å². The van der Waals surface area contributed by atoms with E-state index in [4.69, 9.17) is 14.2 Å². The molecule has 0 N–H and O–H groups in total. The predicted octanol–water partition coefficient (Wildman–Crippen LogP) is 3.38. The third-order valence-corrected chi connectivity index (χ3v) is 8.47. The standard InChI is InChI=1S/C26H32N2O7S/c1-3-34-20-13-15-21(16-14-20)36(31,32)28(19-9-5-4-6-10-19)18-25(29)27-17-24(26(30)33-2)35-23-12-8-7-11-22(23)27/h7-8,11-16,19,24H,3-6,9-10,17-18H2,1-2H3/t24-/m0/s1. The fraction of sp³-hybridized carbons (Fsp3) is 0.462. The lowest BCUT2D eigenvalue weighted by Gasteiger charge is -2.37. The van der Waals surface area contributed by atoms with Gasteiger partial charge in [-0.1, -0.05) is 31.4 Å². The lowest BCUT2D eigenvalue weighted by Crippen LogP contribution is -2.52. The number of hydrogen-bond acceptors (Lipinski definition) is 7. The van der Waals surface area contributed by atoms with Crippen LogP contribution in [0.4, 0.5) is 5.69 Å². The minimum atomic E-state index is -3.97. The van der Waals surface area contributed by atoms with E-state index in [1.165, 1.54) is 28.4 Å². The van der Waals surface area contributed by atoms with E-state index >= 15 is 0 Å². The molecule has 1 saturated carbocycles. The fourth-order valence-electron chi connectivity index (χ4n) is 4.73. The third kappa shape index (κ3) is 5.49. The van der Waals surface area contributed by atoms with Crippen LogP contribution < -0.4 is 14.4 Å². The van der Waals surface area contributed by atoms with Crippen molar-refractivity contribution >= 4 is 27.6 Å². The molecule has 9 nitrogen and oxygen atoms in total. The molecule has 2 aliphatic rings. The molecule has 194 valence electrons. The van der Waals surface area contributed by atoms with Gasteiger partial charge in [0.25, 0.3) is 0 Å². The van der Waals surface area contributed by atoms with Crippen molar-refractivity contribution in [2.45, 2.75) is 56.1 Å². The number of anilines is 1. The number of amides is 1. The summed E-state index contributed by atoms with van der Waals surface area (Å²) < 4.78 is 44.9. The van der Waals surface area contributed by atoms with E-state index in [-0.39, 0.29) is 24.0 Å². The maximum Gasteiger partial charge on any atom is 0.348 e. The number of para-hydroxylation sites is 2. The summed E-state index contributed by atoms with van der Waals surface area (Å²) in [6, 6.07) is 12.9. The molecule has 1 amide bonds. The quantitative estimate of drug-likeness (QED) is 0.496. The van der Waals surface area contributed by atoms with Crippen molar-refractivity contribution < 1.29 is 32.2 Å². The van der Waals surface area contributed by atoms with Crippen LogP contribution in [0.3, 0.4) is 0 Å². The van der Waals surface area contributed by atoms with E-state index in [2.05, 4.69) is 0 Å². The number of carbonyl (C=O) groups is 2. The van der Waals surface area contributed by atoms with E-state index in [0.29, 0.717) is 36.6 Å². The Hall–Kier alpha value is -3.11. The largest absolute Gasteiger partial charge is 0.494 e. The molecule has 0 unspecified atom stereocenters. The molecule has 0 bridgehead atoms. The normalized spacial score (nSPS) is 18.3. The van der Waals surface area contributed by atoms with Gasteiger partial charge >= 0.3 is 5.97 Å². The number of fused-ring (bicyclic) bond motifs is 1. The van der Waals surface area contributed by atoms with Gasteiger partial charge in [0.1, 0.15) is 11.5 Å². The topological polar surface area (TPSA) is 102 Å². The number of methoxy groups -OCH3 is 1. The van der Waals surface area contributed by atoms with Crippen LogP contribution in [-0.2, 0) is 24.3 Å². The second kappa shape index (κ2) is 11.3. The van der Waals surface area contributed by atoms with Gasteiger partial charge in [-0.3, -0.25) is 4.79 Å². The first-order valence-electron chi connectivity index (χ1n) is 12.2. The predicted molar refractivity (Wildman–Crippen MR) is 134 cm³/mol. The van der Waals surface area contributed by atoms with Crippen molar-refractivity contribution in [3.63, 3.8) is 0 Å². The average Bonchev–Trinajstić information content (AvgIpc) is 2.91. The highest BCUT2D eigenvalue weighted by molar-refractivity contribution is 7.89. The van der Waals surface area contributed by atoms with E-state index in [0.717, 1.165) is 19.3 Å². The molecule has 1 fully saturated rings. The molecule has 0 spiro atoms. The molecule has 1 aliphatic carbocycles. The summed E-state index contributed by atoms with van der Waals surface area (Å²) in [6.07, 6.45) is 3.22. The van der Waals surface area contributed by atoms with E-state index < -0.39 is 28.0 Å². The highest BCUT2D eigenvalue weighted by Gasteiger charge is 2.39. The van der Waals surface area contributed by atoms with Crippen LogP contribution in [-0.4, -0.2) is 63.6 Å². The van der Waals surface area contributed by atoms with Gasteiger partial charge in [-0.25, -0.2) is 13.2 Å². The summed E-state index contributed by atoms with van der Waals surface area (Å²) in [6.45, 7) is 1.92. The van der Waals surface area contributed by atoms with E-state index in [1.54, 1.807) is 36.4 Å². The monoisotopic (exact) mass is 516 g/mol. The molecule has 1 atom stereocenters. The molecular weight excluding hydrogens is 484 g/mol. The zero-order chi connectivity index (χ0) is 25.7. The van der Waals surface area contributed by atoms with Gasteiger partial charge in [0.05, 0.1) is 37.4 Å². The van der Waals surface area contributed by atoms with Crippen LogP contribution in [0.5, 0.6) is 11.5 Å². The Labute approximate surface area is 212 Å². The number of ether oxygens (including phenoxy) is 3. The van der Waals surface area contributed by atoms with Crippen molar-refractivity contribution in [2.24, 2.45) is 0 Å². The number of hydrogen-bond donors (Lipinski definition) is 0. The first kappa shape index (κ1) is 26.0. The Morgan fingerprint density at radius 1 is 1.06 bits per heavy atom. The van der Waals surface area contributed by atoms with Crippen molar-refractivity contribution in [2.75, 3.05) is 31.7 Å². The summed E-state index contributed by atoms with van der Waals surface area (Å²) in [5.74, 6) is -0.0882. The number of rotatable bonds is 8. The average molecular weight is 517 g/mol. The lowest BCUT2D eigenvalue weighted by molar-refractivity contribution is -0.148. The molecule has 1 heterocycles. The summed E-state index contributed by atoms with van der Waals surface area (Å²) >= 11 is 0.